The molecular formula is C24H39IN4O3. The first-order chi connectivity index (χ1) is 15.2. The third kappa shape index (κ3) is 5.80. The maximum absolute atomic E-state index is 5.61. The second-order valence-electron chi connectivity index (χ2n) is 8.92. The van der Waals surface area contributed by atoms with Gasteiger partial charge in [0, 0.05) is 39.8 Å². The van der Waals surface area contributed by atoms with E-state index in [4.69, 9.17) is 14.2 Å². The number of guanidine groups is 1. The molecule has 0 amide bonds. The summed E-state index contributed by atoms with van der Waals surface area (Å²) in [6, 6.07) is 6.47. The van der Waals surface area contributed by atoms with Crippen molar-refractivity contribution in [3.8, 4) is 11.5 Å². The number of aliphatic imine (C=N–C) groups is 1. The highest BCUT2D eigenvalue weighted by molar-refractivity contribution is 14.0. The maximum Gasteiger partial charge on any atom is 0.193 e. The van der Waals surface area contributed by atoms with Gasteiger partial charge in [-0.05, 0) is 42.4 Å². The van der Waals surface area contributed by atoms with Gasteiger partial charge in [-0.25, -0.2) is 0 Å². The van der Waals surface area contributed by atoms with Crippen LogP contribution >= 0.6 is 24.0 Å². The minimum Gasteiger partial charge on any atom is -0.493 e. The van der Waals surface area contributed by atoms with Gasteiger partial charge in [-0.2, -0.15) is 0 Å². The van der Waals surface area contributed by atoms with Gasteiger partial charge in [0.25, 0.3) is 0 Å². The molecule has 3 fully saturated rings. The third-order valence-electron chi connectivity index (χ3n) is 7.22. The molecule has 3 aliphatic rings. The molecular weight excluding hydrogens is 519 g/mol. The molecule has 4 rings (SSSR count). The van der Waals surface area contributed by atoms with Crippen LogP contribution in [0.4, 0.5) is 0 Å². The molecule has 32 heavy (non-hydrogen) atoms. The highest BCUT2D eigenvalue weighted by Crippen LogP contribution is 2.36. The van der Waals surface area contributed by atoms with E-state index >= 15 is 0 Å². The van der Waals surface area contributed by atoms with Crippen LogP contribution < -0.4 is 14.8 Å². The molecule has 0 bridgehead atoms. The van der Waals surface area contributed by atoms with Gasteiger partial charge in [0.15, 0.2) is 17.5 Å². The summed E-state index contributed by atoms with van der Waals surface area (Å²) in [5.74, 6) is 4.25. The third-order valence-corrected chi connectivity index (χ3v) is 7.22. The standard InChI is InChI=1S/C24H38N4O3.HI/c1-25-24(28-16-19-6-4-5-7-20(19)17-28)26-15-21(27-10-12-31-13-11-27)18-8-9-22(29-2)23(14-18)30-3;/h8-9,14,19-21H,4-7,10-13,15-17H2,1-3H3,(H,25,26);1H. The number of halogens is 1. The number of nitrogens with one attached hydrogen (secondary N) is 1. The molecule has 1 saturated carbocycles. The van der Waals surface area contributed by atoms with Gasteiger partial charge in [-0.3, -0.25) is 9.89 Å². The zero-order valence-electron chi connectivity index (χ0n) is 19.7. The number of methoxy groups -OCH3 is 2. The molecule has 180 valence electrons. The number of nitrogens with zero attached hydrogens (tertiary/aromatic N) is 3. The number of fused-ring (bicyclic) bond motifs is 1. The number of likely N-dealkylation sites (tertiary alicyclic amines) is 1. The molecule has 8 heteroatoms. The average molecular weight is 559 g/mol. The van der Waals surface area contributed by atoms with Crippen molar-refractivity contribution in [3.63, 3.8) is 0 Å². The Morgan fingerprint density at radius 2 is 1.75 bits per heavy atom. The van der Waals surface area contributed by atoms with Gasteiger partial charge in [-0.15, -0.1) is 24.0 Å². The fourth-order valence-corrected chi connectivity index (χ4v) is 5.51. The summed E-state index contributed by atoms with van der Waals surface area (Å²) in [5, 5.41) is 3.70. The predicted molar refractivity (Wildman–Crippen MR) is 138 cm³/mol. The Bertz CT molecular complexity index is 743. The number of rotatable bonds is 6. The summed E-state index contributed by atoms with van der Waals surface area (Å²) in [7, 11) is 5.28. The van der Waals surface area contributed by atoms with Crippen LogP contribution in [0.5, 0.6) is 11.5 Å². The molecule has 7 nitrogen and oxygen atoms in total. The molecule has 1 aromatic carbocycles. The fraction of sp³-hybridized carbons (Fsp3) is 0.708. The van der Waals surface area contributed by atoms with Crippen LogP contribution in [-0.4, -0.2) is 83.0 Å². The Balaban J connectivity index is 0.00000289. The van der Waals surface area contributed by atoms with Gasteiger partial charge in [0.05, 0.1) is 33.5 Å². The van der Waals surface area contributed by atoms with E-state index in [1.165, 1.54) is 31.2 Å². The van der Waals surface area contributed by atoms with Gasteiger partial charge < -0.3 is 24.4 Å². The van der Waals surface area contributed by atoms with E-state index in [1.54, 1.807) is 14.2 Å². The Morgan fingerprint density at radius 3 is 2.34 bits per heavy atom. The first-order valence-corrected chi connectivity index (χ1v) is 11.7. The summed E-state index contributed by atoms with van der Waals surface area (Å²) < 4.78 is 16.6. The summed E-state index contributed by atoms with van der Waals surface area (Å²) >= 11 is 0. The van der Waals surface area contributed by atoms with E-state index < -0.39 is 0 Å². The Labute approximate surface area is 209 Å². The predicted octanol–water partition coefficient (Wildman–Crippen LogP) is 3.39. The van der Waals surface area contributed by atoms with Crippen molar-refractivity contribution in [1.82, 2.24) is 15.1 Å². The van der Waals surface area contributed by atoms with Crippen molar-refractivity contribution in [2.45, 2.75) is 31.7 Å². The molecule has 2 saturated heterocycles. The topological polar surface area (TPSA) is 58.6 Å². The normalized spacial score (nSPS) is 25.0. The van der Waals surface area contributed by atoms with E-state index in [0.717, 1.165) is 75.2 Å². The van der Waals surface area contributed by atoms with Gasteiger partial charge in [-0.1, -0.05) is 18.9 Å². The number of hydrogen-bond acceptors (Lipinski definition) is 5. The molecule has 1 N–H and O–H groups in total. The monoisotopic (exact) mass is 558 g/mol. The Kier molecular flexibility index (Phi) is 9.73. The highest BCUT2D eigenvalue weighted by Gasteiger charge is 2.36. The minimum absolute atomic E-state index is 0. The molecule has 0 aromatic heterocycles. The van der Waals surface area contributed by atoms with Crippen molar-refractivity contribution in [2.24, 2.45) is 16.8 Å². The molecule has 0 radical (unpaired) electrons. The van der Waals surface area contributed by atoms with Crippen molar-refractivity contribution in [2.75, 3.05) is 67.2 Å². The van der Waals surface area contributed by atoms with Crippen LogP contribution in [0.3, 0.4) is 0 Å². The van der Waals surface area contributed by atoms with Crippen molar-refractivity contribution >= 4 is 29.9 Å². The summed E-state index contributed by atoms with van der Waals surface area (Å²) in [4.78, 5) is 9.62. The smallest absolute Gasteiger partial charge is 0.193 e. The fourth-order valence-electron chi connectivity index (χ4n) is 5.51. The maximum atomic E-state index is 5.61. The quantitative estimate of drug-likeness (QED) is 0.328. The van der Waals surface area contributed by atoms with Gasteiger partial charge >= 0.3 is 0 Å². The first-order valence-electron chi connectivity index (χ1n) is 11.7. The lowest BCUT2D eigenvalue weighted by Crippen LogP contribution is -2.47. The van der Waals surface area contributed by atoms with E-state index in [1.807, 2.05) is 13.1 Å². The molecule has 2 heterocycles. The van der Waals surface area contributed by atoms with Crippen LogP contribution in [-0.2, 0) is 4.74 Å². The van der Waals surface area contributed by atoms with Crippen LogP contribution in [0.2, 0.25) is 0 Å². The average Bonchev–Trinajstić information content (AvgIpc) is 3.26. The van der Waals surface area contributed by atoms with Crippen molar-refractivity contribution in [3.05, 3.63) is 23.8 Å². The van der Waals surface area contributed by atoms with Crippen molar-refractivity contribution in [1.29, 1.82) is 0 Å². The summed E-state index contributed by atoms with van der Waals surface area (Å²) in [5.41, 5.74) is 1.22. The molecule has 2 aliphatic heterocycles. The summed E-state index contributed by atoms with van der Waals surface area (Å²) in [6.45, 7) is 6.47. The number of benzene rings is 1. The highest BCUT2D eigenvalue weighted by atomic mass is 127. The lowest BCUT2D eigenvalue weighted by molar-refractivity contribution is 0.0168. The molecule has 3 unspecified atom stereocenters. The Morgan fingerprint density at radius 1 is 1.09 bits per heavy atom. The number of morpholine rings is 1. The van der Waals surface area contributed by atoms with Crippen LogP contribution in [0.25, 0.3) is 0 Å². The van der Waals surface area contributed by atoms with Crippen molar-refractivity contribution < 1.29 is 14.2 Å². The van der Waals surface area contributed by atoms with E-state index in [2.05, 4.69) is 32.2 Å². The molecule has 0 spiro atoms. The largest absolute Gasteiger partial charge is 0.493 e. The van der Waals surface area contributed by atoms with Crippen LogP contribution in [0, 0.1) is 11.8 Å². The second-order valence-corrected chi connectivity index (χ2v) is 8.92. The van der Waals surface area contributed by atoms with Gasteiger partial charge in [0.1, 0.15) is 0 Å². The number of ether oxygens (including phenoxy) is 3. The first kappa shape index (κ1) is 25.4. The van der Waals surface area contributed by atoms with Gasteiger partial charge in [0.2, 0.25) is 0 Å². The van der Waals surface area contributed by atoms with Crippen LogP contribution in [0.1, 0.15) is 37.3 Å². The molecule has 1 aliphatic carbocycles. The van der Waals surface area contributed by atoms with E-state index in [-0.39, 0.29) is 30.0 Å². The van der Waals surface area contributed by atoms with E-state index in [0.29, 0.717) is 0 Å². The zero-order valence-corrected chi connectivity index (χ0v) is 22.0. The Hall–Kier alpha value is -1.26. The zero-order chi connectivity index (χ0) is 21.6. The van der Waals surface area contributed by atoms with E-state index in [9.17, 15) is 0 Å². The lowest BCUT2D eigenvalue weighted by atomic mass is 9.82. The number of hydrogen-bond donors (Lipinski definition) is 1. The van der Waals surface area contributed by atoms with Crippen LogP contribution in [0.15, 0.2) is 23.2 Å². The second kappa shape index (κ2) is 12.3. The molecule has 1 aromatic rings. The SMILES string of the molecule is CN=C(NCC(c1ccc(OC)c(OC)c1)N1CCOCC1)N1CC2CCCCC2C1.I. The minimum atomic E-state index is 0. The molecule has 3 atom stereocenters. The summed E-state index contributed by atoms with van der Waals surface area (Å²) in [6.07, 6.45) is 5.53. The lowest BCUT2D eigenvalue weighted by Gasteiger charge is -2.36.